The van der Waals surface area contributed by atoms with E-state index in [-0.39, 0.29) is 73.1 Å². The average molecular weight is 666 g/mol. The zero-order chi connectivity index (χ0) is 22.0. The summed E-state index contributed by atoms with van der Waals surface area (Å²) in [5, 5.41) is 3.83. The molecule has 32 heavy (non-hydrogen) atoms. The number of sulfonamides is 1. The van der Waals surface area contributed by atoms with E-state index < -0.39 is 10.0 Å². The molecule has 0 spiro atoms. The van der Waals surface area contributed by atoms with Crippen LogP contribution >= 0.6 is 0 Å². The fourth-order valence-electron chi connectivity index (χ4n) is 3.88. The molecule has 165 valence electrons. The van der Waals surface area contributed by atoms with Crippen LogP contribution < -0.4 is 5.32 Å². The summed E-state index contributed by atoms with van der Waals surface area (Å²) < 4.78 is 27.4. The topological polar surface area (TPSA) is 106 Å². The minimum absolute atomic E-state index is 0. The van der Waals surface area contributed by atoms with E-state index in [1.165, 1.54) is 28.6 Å². The van der Waals surface area contributed by atoms with E-state index in [2.05, 4.69) is 10.3 Å². The summed E-state index contributed by atoms with van der Waals surface area (Å²) in [6.07, 6.45) is 1.71. The SMILES string of the molecule is C[C@@H]1CN(CC(=O)Nc2cccc3ncccc23)CCN1S(=O)(=O)c1ccc([NH-])cc1.[Ac]. The van der Waals surface area contributed by atoms with Crippen LogP contribution in [0.4, 0.5) is 11.4 Å². The molecule has 1 aliphatic heterocycles. The number of amides is 1. The molecule has 10 heteroatoms. The van der Waals surface area contributed by atoms with Crippen LogP contribution in [0.15, 0.2) is 65.7 Å². The molecule has 0 saturated carbocycles. The molecule has 8 nitrogen and oxygen atoms in total. The van der Waals surface area contributed by atoms with E-state index in [1.54, 1.807) is 6.20 Å². The number of carbonyl (C=O) groups excluding carboxylic acids is 1. The van der Waals surface area contributed by atoms with Crippen molar-refractivity contribution in [2.75, 3.05) is 31.5 Å². The predicted molar refractivity (Wildman–Crippen MR) is 121 cm³/mol. The first-order valence-electron chi connectivity index (χ1n) is 10.0. The number of piperazine rings is 1. The van der Waals surface area contributed by atoms with Crippen molar-refractivity contribution >= 4 is 38.2 Å². The van der Waals surface area contributed by atoms with Gasteiger partial charge in [-0.05, 0) is 43.3 Å². The number of nitrogens with zero attached hydrogens (tertiary/aromatic N) is 3. The van der Waals surface area contributed by atoms with Crippen molar-refractivity contribution in [2.24, 2.45) is 0 Å². The van der Waals surface area contributed by atoms with Crippen LogP contribution in [-0.4, -0.2) is 60.7 Å². The zero-order valence-electron chi connectivity index (χ0n) is 17.7. The summed E-state index contributed by atoms with van der Waals surface area (Å²) >= 11 is 0. The van der Waals surface area contributed by atoms with E-state index in [0.717, 1.165) is 10.9 Å². The van der Waals surface area contributed by atoms with Crippen LogP contribution in [0, 0.1) is 44.1 Å². The van der Waals surface area contributed by atoms with Crippen molar-refractivity contribution in [1.29, 1.82) is 0 Å². The largest absolute Gasteiger partial charge is 0.699 e. The normalized spacial score (nSPS) is 17.6. The van der Waals surface area contributed by atoms with Gasteiger partial charge in [0.2, 0.25) is 15.9 Å². The Balaban J connectivity index is 0.00000289. The van der Waals surface area contributed by atoms with Crippen LogP contribution in [0.3, 0.4) is 0 Å². The van der Waals surface area contributed by atoms with E-state index >= 15 is 0 Å². The number of anilines is 1. The van der Waals surface area contributed by atoms with Crippen LogP contribution in [0.2, 0.25) is 0 Å². The van der Waals surface area contributed by atoms with Crippen LogP contribution in [-0.2, 0) is 14.8 Å². The molecular weight excluding hydrogens is 641 g/mol. The minimum Gasteiger partial charge on any atom is -0.699 e. The Morgan fingerprint density at radius 3 is 2.59 bits per heavy atom. The Labute approximate surface area is 223 Å². The quantitative estimate of drug-likeness (QED) is 0.451. The van der Waals surface area contributed by atoms with Gasteiger partial charge in [-0.2, -0.15) is 4.31 Å². The van der Waals surface area contributed by atoms with Gasteiger partial charge in [-0.3, -0.25) is 14.7 Å². The summed E-state index contributed by atoms with van der Waals surface area (Å²) in [4.78, 5) is 19.1. The molecule has 3 aromatic rings. The predicted octanol–water partition coefficient (Wildman–Crippen LogP) is 3.25. The fourth-order valence-corrected chi connectivity index (χ4v) is 5.50. The monoisotopic (exact) mass is 665 g/mol. The first-order chi connectivity index (χ1) is 14.8. The number of rotatable bonds is 5. The molecule has 1 amide bonds. The van der Waals surface area contributed by atoms with Gasteiger partial charge in [-0.15, -0.1) is 5.69 Å². The Bertz CT molecular complexity index is 1200. The van der Waals surface area contributed by atoms with Gasteiger partial charge >= 0.3 is 0 Å². The molecule has 1 aliphatic rings. The molecule has 4 rings (SSSR count). The van der Waals surface area contributed by atoms with Gasteiger partial charge in [0.15, 0.2) is 0 Å². The summed E-state index contributed by atoms with van der Waals surface area (Å²) in [5.74, 6) is -0.147. The molecule has 1 radical (unpaired) electrons. The van der Waals surface area contributed by atoms with Gasteiger partial charge in [-0.25, -0.2) is 8.42 Å². The van der Waals surface area contributed by atoms with E-state index in [1.807, 2.05) is 42.2 Å². The number of hydrogen-bond donors (Lipinski definition) is 1. The third-order valence-corrected chi connectivity index (χ3v) is 7.43. The molecule has 1 atom stereocenters. The second-order valence-electron chi connectivity index (χ2n) is 7.65. The third kappa shape index (κ3) is 5.49. The van der Waals surface area contributed by atoms with Crippen molar-refractivity contribution in [3.8, 4) is 0 Å². The number of carbonyl (C=O) groups is 1. The van der Waals surface area contributed by atoms with Gasteiger partial charge in [0.05, 0.1) is 22.6 Å². The molecule has 0 bridgehead atoms. The molecule has 0 unspecified atom stereocenters. The average Bonchev–Trinajstić information content (AvgIpc) is 2.74. The second-order valence-corrected chi connectivity index (χ2v) is 9.54. The summed E-state index contributed by atoms with van der Waals surface area (Å²) in [6.45, 7) is 3.25. The summed E-state index contributed by atoms with van der Waals surface area (Å²) in [6, 6.07) is 14.9. The Kier molecular flexibility index (Phi) is 8.28. The maximum absolute atomic E-state index is 13.0. The number of aromatic nitrogens is 1. The van der Waals surface area contributed by atoms with Crippen molar-refractivity contribution < 1.29 is 57.3 Å². The third-order valence-electron chi connectivity index (χ3n) is 5.40. The fraction of sp³-hybridized carbons (Fsp3) is 0.273. The molecule has 1 fully saturated rings. The zero-order valence-corrected chi connectivity index (χ0v) is 23.3. The standard InChI is InChI=1S/C22H24N5O3S.Ac/c1-16-14-26(12-13-27(16)31(29,30)18-9-7-17(23)8-10-18)15-22(28)25-21-6-2-5-20-19(21)4-3-11-24-20;/h2-11,16,23H,12-15H2,1H3,(H,24,25,28);/q-1;/t16-;/m1./s1. The van der Waals surface area contributed by atoms with Crippen molar-refractivity contribution in [2.45, 2.75) is 17.9 Å². The van der Waals surface area contributed by atoms with Crippen molar-refractivity contribution in [3.63, 3.8) is 0 Å². The summed E-state index contributed by atoms with van der Waals surface area (Å²) in [7, 11) is -3.64. The van der Waals surface area contributed by atoms with Gasteiger partial charge in [0.25, 0.3) is 0 Å². The first-order valence-corrected chi connectivity index (χ1v) is 11.5. The molecule has 1 aromatic heterocycles. The first kappa shape index (κ1) is 25.1. The van der Waals surface area contributed by atoms with E-state index in [4.69, 9.17) is 5.73 Å². The molecule has 2 N–H and O–H groups in total. The Hall–Kier alpha value is -1.57. The van der Waals surface area contributed by atoms with Gasteiger partial charge in [-0.1, -0.05) is 18.2 Å². The van der Waals surface area contributed by atoms with Crippen LogP contribution in [0.25, 0.3) is 16.6 Å². The molecular formula is C22H24AcN5O3S-. The van der Waals surface area contributed by atoms with Crippen molar-refractivity contribution in [3.05, 3.63) is 66.5 Å². The van der Waals surface area contributed by atoms with E-state index in [9.17, 15) is 13.2 Å². The van der Waals surface area contributed by atoms with Gasteiger partial charge in [0, 0.05) is 81.3 Å². The van der Waals surface area contributed by atoms with Crippen molar-refractivity contribution in [1.82, 2.24) is 14.2 Å². The number of nitrogens with one attached hydrogen (secondary N) is 2. The molecule has 2 aromatic carbocycles. The molecule has 1 saturated heterocycles. The smallest absolute Gasteiger partial charge is 0.243 e. The number of benzene rings is 2. The Morgan fingerprint density at radius 1 is 1.12 bits per heavy atom. The van der Waals surface area contributed by atoms with Gasteiger partial charge in [0.1, 0.15) is 0 Å². The van der Waals surface area contributed by atoms with Gasteiger partial charge < -0.3 is 11.1 Å². The van der Waals surface area contributed by atoms with Crippen LogP contribution in [0.1, 0.15) is 6.92 Å². The summed E-state index contributed by atoms with van der Waals surface area (Å²) in [5.41, 5.74) is 9.33. The molecule has 2 heterocycles. The number of pyridine rings is 1. The number of hydrogen-bond acceptors (Lipinski definition) is 5. The maximum atomic E-state index is 13.0. The van der Waals surface area contributed by atoms with E-state index in [0.29, 0.717) is 25.3 Å². The minimum atomic E-state index is -3.64. The molecule has 0 aliphatic carbocycles. The number of fused-ring (bicyclic) bond motifs is 1. The second kappa shape index (κ2) is 10.6. The van der Waals surface area contributed by atoms with Crippen LogP contribution in [0.5, 0.6) is 0 Å². The maximum Gasteiger partial charge on any atom is 0.243 e. The Morgan fingerprint density at radius 2 is 1.88 bits per heavy atom.